The Morgan fingerprint density at radius 1 is 1.07 bits per heavy atom. The number of rotatable bonds is 5. The van der Waals surface area contributed by atoms with Gasteiger partial charge in [-0.3, -0.25) is 9.59 Å². The van der Waals surface area contributed by atoms with Crippen molar-refractivity contribution in [2.24, 2.45) is 5.92 Å². The standard InChI is InChI=1S/C23H29N3O2S/c1-24(16-19-6-2-3-7-21(19)25-11-4-5-12-25)22(27)18-8-13-26(14-9-18)23(28)20-10-15-29-17-20/h2-3,6-7,10,15,17-18H,4-5,8-9,11-14,16H2,1H3. The molecule has 0 spiro atoms. The average molecular weight is 412 g/mol. The highest BCUT2D eigenvalue weighted by Crippen LogP contribution is 2.27. The van der Waals surface area contributed by atoms with Gasteiger partial charge in [-0.15, -0.1) is 0 Å². The summed E-state index contributed by atoms with van der Waals surface area (Å²) in [4.78, 5) is 31.7. The molecule has 0 radical (unpaired) electrons. The lowest BCUT2D eigenvalue weighted by Crippen LogP contribution is -2.43. The van der Waals surface area contributed by atoms with Crippen molar-refractivity contribution in [3.8, 4) is 0 Å². The zero-order chi connectivity index (χ0) is 20.2. The number of para-hydroxylation sites is 1. The molecule has 0 saturated carbocycles. The van der Waals surface area contributed by atoms with Gasteiger partial charge < -0.3 is 14.7 Å². The van der Waals surface area contributed by atoms with E-state index in [0.717, 1.165) is 31.5 Å². The van der Waals surface area contributed by atoms with Gasteiger partial charge >= 0.3 is 0 Å². The Morgan fingerprint density at radius 3 is 2.48 bits per heavy atom. The topological polar surface area (TPSA) is 43.9 Å². The van der Waals surface area contributed by atoms with Gasteiger partial charge in [-0.25, -0.2) is 0 Å². The van der Waals surface area contributed by atoms with E-state index in [1.807, 2.05) is 33.7 Å². The number of likely N-dealkylation sites (tertiary alicyclic amines) is 1. The van der Waals surface area contributed by atoms with Crippen molar-refractivity contribution >= 4 is 28.8 Å². The second kappa shape index (κ2) is 8.99. The minimum absolute atomic E-state index is 0.00507. The summed E-state index contributed by atoms with van der Waals surface area (Å²) in [6.45, 7) is 4.16. The van der Waals surface area contributed by atoms with Gasteiger partial charge in [0.15, 0.2) is 0 Å². The van der Waals surface area contributed by atoms with Gasteiger partial charge in [-0.05, 0) is 48.8 Å². The van der Waals surface area contributed by atoms with Gasteiger partial charge in [0.1, 0.15) is 0 Å². The molecule has 2 fully saturated rings. The Morgan fingerprint density at radius 2 is 1.79 bits per heavy atom. The molecule has 2 aliphatic rings. The normalized spacial score (nSPS) is 17.6. The van der Waals surface area contributed by atoms with Gasteiger partial charge in [-0.2, -0.15) is 11.3 Å². The van der Waals surface area contributed by atoms with E-state index in [4.69, 9.17) is 0 Å². The first-order chi connectivity index (χ1) is 14.1. The predicted octanol–water partition coefficient (Wildman–Crippen LogP) is 3.86. The number of thiophene rings is 1. The average Bonchev–Trinajstić information content (AvgIpc) is 3.47. The highest BCUT2D eigenvalue weighted by atomic mass is 32.1. The minimum Gasteiger partial charge on any atom is -0.371 e. The second-order valence-electron chi connectivity index (χ2n) is 8.10. The molecule has 0 atom stereocenters. The van der Waals surface area contributed by atoms with Crippen LogP contribution in [0.25, 0.3) is 0 Å². The second-order valence-corrected chi connectivity index (χ2v) is 8.88. The molecule has 5 nitrogen and oxygen atoms in total. The van der Waals surface area contributed by atoms with Gasteiger partial charge in [0.25, 0.3) is 5.91 Å². The number of carbonyl (C=O) groups excluding carboxylic acids is 2. The summed E-state index contributed by atoms with van der Waals surface area (Å²) in [6, 6.07) is 10.3. The van der Waals surface area contributed by atoms with Crippen molar-refractivity contribution in [2.45, 2.75) is 32.2 Å². The van der Waals surface area contributed by atoms with Crippen LogP contribution in [0.4, 0.5) is 5.69 Å². The van der Waals surface area contributed by atoms with Crippen LogP contribution in [0.2, 0.25) is 0 Å². The molecule has 2 saturated heterocycles. The van der Waals surface area contributed by atoms with E-state index in [0.29, 0.717) is 19.6 Å². The van der Waals surface area contributed by atoms with Crippen LogP contribution < -0.4 is 4.90 Å². The largest absolute Gasteiger partial charge is 0.371 e. The number of carbonyl (C=O) groups is 2. The van der Waals surface area contributed by atoms with Gasteiger partial charge in [0, 0.05) is 56.8 Å². The molecule has 2 aromatic rings. The number of piperidine rings is 1. The first kappa shape index (κ1) is 20.0. The summed E-state index contributed by atoms with van der Waals surface area (Å²) >= 11 is 1.54. The first-order valence-electron chi connectivity index (χ1n) is 10.5. The Bertz CT molecular complexity index is 838. The maximum Gasteiger partial charge on any atom is 0.254 e. The Balaban J connectivity index is 1.34. The van der Waals surface area contributed by atoms with Gasteiger partial charge in [0.05, 0.1) is 5.56 Å². The van der Waals surface area contributed by atoms with Crippen LogP contribution in [0, 0.1) is 5.92 Å². The van der Waals surface area contributed by atoms with Crippen molar-refractivity contribution in [1.29, 1.82) is 0 Å². The molecular formula is C23H29N3O2S. The van der Waals surface area contributed by atoms with Crippen LogP contribution in [0.3, 0.4) is 0 Å². The zero-order valence-electron chi connectivity index (χ0n) is 17.0. The van der Waals surface area contributed by atoms with E-state index >= 15 is 0 Å². The molecule has 0 bridgehead atoms. The molecule has 6 heteroatoms. The van der Waals surface area contributed by atoms with Crippen LogP contribution in [0.5, 0.6) is 0 Å². The number of hydrogen-bond acceptors (Lipinski definition) is 4. The molecule has 2 amide bonds. The number of anilines is 1. The van der Waals surface area contributed by atoms with Crippen LogP contribution >= 0.6 is 11.3 Å². The fourth-order valence-corrected chi connectivity index (χ4v) is 5.08. The van der Waals surface area contributed by atoms with Crippen LogP contribution in [0.15, 0.2) is 41.1 Å². The van der Waals surface area contributed by atoms with Crippen LogP contribution in [0.1, 0.15) is 41.6 Å². The van der Waals surface area contributed by atoms with E-state index in [1.165, 1.54) is 24.1 Å². The summed E-state index contributed by atoms with van der Waals surface area (Å²) in [5.41, 5.74) is 3.24. The van der Waals surface area contributed by atoms with E-state index in [-0.39, 0.29) is 17.7 Å². The third kappa shape index (κ3) is 4.47. The lowest BCUT2D eigenvalue weighted by Gasteiger charge is -2.33. The Hall–Kier alpha value is -2.34. The molecule has 0 N–H and O–H groups in total. The van der Waals surface area contributed by atoms with Crippen molar-refractivity contribution in [3.63, 3.8) is 0 Å². The molecule has 1 aromatic carbocycles. The SMILES string of the molecule is CN(Cc1ccccc1N1CCCC1)C(=O)C1CCN(C(=O)c2ccsc2)CC1. The monoisotopic (exact) mass is 411 g/mol. The minimum atomic E-state index is 0.00507. The van der Waals surface area contributed by atoms with Crippen LogP contribution in [-0.2, 0) is 11.3 Å². The van der Waals surface area contributed by atoms with E-state index in [1.54, 1.807) is 11.3 Å². The number of benzene rings is 1. The fraction of sp³-hybridized carbons (Fsp3) is 0.478. The summed E-state index contributed by atoms with van der Waals surface area (Å²) in [7, 11) is 1.91. The Kier molecular flexibility index (Phi) is 6.19. The lowest BCUT2D eigenvalue weighted by molar-refractivity contribution is -0.136. The molecule has 1 aromatic heterocycles. The molecule has 0 aliphatic carbocycles. The Labute approximate surface area is 176 Å². The molecule has 29 heavy (non-hydrogen) atoms. The van der Waals surface area contributed by atoms with Gasteiger partial charge in [-0.1, -0.05) is 18.2 Å². The van der Waals surface area contributed by atoms with Crippen molar-refractivity contribution in [3.05, 3.63) is 52.2 Å². The maximum atomic E-state index is 13.1. The first-order valence-corrected chi connectivity index (χ1v) is 11.5. The maximum absolute atomic E-state index is 13.1. The highest BCUT2D eigenvalue weighted by Gasteiger charge is 2.30. The quantitative estimate of drug-likeness (QED) is 0.750. The van der Waals surface area contributed by atoms with E-state index in [2.05, 4.69) is 29.2 Å². The lowest BCUT2D eigenvalue weighted by atomic mass is 9.94. The summed E-state index contributed by atoms with van der Waals surface area (Å²) < 4.78 is 0. The predicted molar refractivity (Wildman–Crippen MR) is 117 cm³/mol. The number of nitrogens with zero attached hydrogens (tertiary/aromatic N) is 3. The van der Waals surface area contributed by atoms with Gasteiger partial charge in [0.2, 0.25) is 5.91 Å². The molecule has 154 valence electrons. The van der Waals surface area contributed by atoms with Crippen molar-refractivity contribution in [2.75, 3.05) is 38.1 Å². The van der Waals surface area contributed by atoms with E-state index in [9.17, 15) is 9.59 Å². The molecule has 2 aliphatic heterocycles. The molecular weight excluding hydrogens is 382 g/mol. The fourth-order valence-electron chi connectivity index (χ4n) is 4.45. The number of hydrogen-bond donors (Lipinski definition) is 0. The van der Waals surface area contributed by atoms with Crippen molar-refractivity contribution < 1.29 is 9.59 Å². The van der Waals surface area contributed by atoms with E-state index < -0.39 is 0 Å². The summed E-state index contributed by atoms with van der Waals surface area (Å²) in [6.07, 6.45) is 3.97. The zero-order valence-corrected chi connectivity index (χ0v) is 17.9. The molecule has 3 heterocycles. The number of amides is 2. The smallest absolute Gasteiger partial charge is 0.254 e. The molecule has 0 unspecified atom stereocenters. The van der Waals surface area contributed by atoms with Crippen LogP contribution in [-0.4, -0.2) is 54.8 Å². The summed E-state index contributed by atoms with van der Waals surface area (Å²) in [5.74, 6) is 0.291. The highest BCUT2D eigenvalue weighted by molar-refractivity contribution is 7.08. The summed E-state index contributed by atoms with van der Waals surface area (Å²) in [5, 5.41) is 3.82. The third-order valence-electron chi connectivity index (χ3n) is 6.12. The molecule has 4 rings (SSSR count). The third-order valence-corrected chi connectivity index (χ3v) is 6.80. The van der Waals surface area contributed by atoms with Crippen molar-refractivity contribution in [1.82, 2.24) is 9.80 Å².